The van der Waals surface area contributed by atoms with Gasteiger partial charge in [-0.05, 0) is 55.5 Å². The number of aromatic amines is 1. The van der Waals surface area contributed by atoms with E-state index in [1.807, 2.05) is 30.3 Å². The summed E-state index contributed by atoms with van der Waals surface area (Å²) in [6.07, 6.45) is 6.56. The molecule has 0 saturated heterocycles. The Labute approximate surface area is 191 Å². The second kappa shape index (κ2) is 8.51. The van der Waals surface area contributed by atoms with Crippen LogP contribution < -0.4 is 5.56 Å². The summed E-state index contributed by atoms with van der Waals surface area (Å²) in [5.74, 6) is 1.34. The summed E-state index contributed by atoms with van der Waals surface area (Å²) >= 11 is 3.79. The Balaban J connectivity index is 1.77. The van der Waals surface area contributed by atoms with Crippen LogP contribution in [0.25, 0.3) is 33.6 Å². The van der Waals surface area contributed by atoms with Gasteiger partial charge in [-0.15, -0.1) is 5.10 Å². The van der Waals surface area contributed by atoms with Gasteiger partial charge in [-0.25, -0.2) is 10.1 Å². The van der Waals surface area contributed by atoms with Crippen molar-refractivity contribution >= 4 is 15.9 Å². The second-order valence-electron chi connectivity index (χ2n) is 7.38. The first kappa shape index (κ1) is 20.3. The van der Waals surface area contributed by atoms with E-state index >= 15 is 0 Å². The molecule has 9 heteroatoms. The number of tetrazole rings is 1. The molecule has 0 spiro atoms. The summed E-state index contributed by atoms with van der Waals surface area (Å²) in [5, 5.41) is 14.4. The molecule has 3 aromatic rings. The maximum atomic E-state index is 12.8. The van der Waals surface area contributed by atoms with Gasteiger partial charge in [-0.2, -0.15) is 0 Å². The molecule has 2 aliphatic rings. The zero-order valence-corrected chi connectivity index (χ0v) is 18.8. The van der Waals surface area contributed by atoms with Crippen molar-refractivity contribution in [2.75, 3.05) is 0 Å². The molecule has 1 aliphatic carbocycles. The molecule has 0 fully saturated rings. The van der Waals surface area contributed by atoms with Crippen molar-refractivity contribution in [1.29, 1.82) is 0 Å². The van der Waals surface area contributed by atoms with E-state index in [-0.39, 0.29) is 5.56 Å². The Morgan fingerprint density at radius 3 is 2.72 bits per heavy atom. The van der Waals surface area contributed by atoms with Crippen molar-refractivity contribution in [3.8, 4) is 33.6 Å². The molecule has 5 rings (SSSR count). The van der Waals surface area contributed by atoms with E-state index in [1.54, 1.807) is 23.3 Å². The predicted octanol–water partition coefficient (Wildman–Crippen LogP) is 4.55. The van der Waals surface area contributed by atoms with Gasteiger partial charge >= 0.3 is 0 Å². The Bertz CT molecular complexity index is 1410. The van der Waals surface area contributed by atoms with Crippen molar-refractivity contribution in [2.45, 2.75) is 26.3 Å². The largest absolute Gasteiger partial charge is 0.472 e. The molecule has 1 aliphatic heterocycles. The minimum atomic E-state index is -0.0757. The number of nitrogens with one attached hydrogen (secondary N) is 1. The number of H-pyrrole nitrogens is 1. The number of hydrogen-bond acceptors (Lipinski definition) is 6. The van der Waals surface area contributed by atoms with Gasteiger partial charge in [0.15, 0.2) is 5.82 Å². The Morgan fingerprint density at radius 1 is 1.09 bits per heavy atom. The van der Waals surface area contributed by atoms with E-state index in [0.29, 0.717) is 12.4 Å². The number of rotatable bonds is 6. The molecule has 0 radical (unpaired) electrons. The van der Waals surface area contributed by atoms with Gasteiger partial charge in [0.25, 0.3) is 5.56 Å². The normalized spacial score (nSPS) is 11.3. The van der Waals surface area contributed by atoms with E-state index in [2.05, 4.69) is 48.5 Å². The number of aromatic nitrogens is 6. The first-order chi connectivity index (χ1) is 15.7. The molecule has 3 heterocycles. The smallest absolute Gasteiger partial charge is 0.253 e. The number of aryl methyl sites for hydroxylation is 1. The molecule has 0 atom stereocenters. The Kier molecular flexibility index (Phi) is 5.40. The van der Waals surface area contributed by atoms with Gasteiger partial charge < -0.3 is 4.42 Å². The minimum Gasteiger partial charge on any atom is -0.472 e. The SMILES string of the molecule is CCCc1nccc(=O)n1Cc1c2ccocc-2c(Br)c1-c1ccccc1-c1nnn[nH]1. The number of benzene rings is 1. The van der Waals surface area contributed by atoms with E-state index in [4.69, 9.17) is 4.42 Å². The van der Waals surface area contributed by atoms with Gasteiger partial charge in [-0.3, -0.25) is 9.36 Å². The van der Waals surface area contributed by atoms with Crippen LogP contribution in [-0.4, -0.2) is 30.2 Å². The van der Waals surface area contributed by atoms with Crippen molar-refractivity contribution in [3.63, 3.8) is 0 Å². The fraction of sp³-hybridized carbons (Fsp3) is 0.174. The number of nitrogens with zero attached hydrogens (tertiary/aromatic N) is 5. The fourth-order valence-electron chi connectivity index (χ4n) is 4.05. The highest BCUT2D eigenvalue weighted by Crippen LogP contribution is 2.48. The molecule has 1 N–H and O–H groups in total. The van der Waals surface area contributed by atoms with Gasteiger partial charge in [-0.1, -0.05) is 31.2 Å². The van der Waals surface area contributed by atoms with Gasteiger partial charge in [0.2, 0.25) is 0 Å². The van der Waals surface area contributed by atoms with Crippen molar-refractivity contribution in [1.82, 2.24) is 30.2 Å². The first-order valence-electron chi connectivity index (χ1n) is 10.2. The number of halogens is 1. The zero-order chi connectivity index (χ0) is 22.1. The van der Waals surface area contributed by atoms with Gasteiger partial charge in [0.05, 0.1) is 19.1 Å². The van der Waals surface area contributed by atoms with E-state index < -0.39 is 0 Å². The zero-order valence-electron chi connectivity index (χ0n) is 17.2. The van der Waals surface area contributed by atoms with Crippen molar-refractivity contribution in [3.05, 3.63) is 81.3 Å². The van der Waals surface area contributed by atoms with Crippen LogP contribution in [0.1, 0.15) is 24.7 Å². The minimum absolute atomic E-state index is 0.0757. The molecular formula is C23H19BrN6O2. The lowest BCUT2D eigenvalue weighted by molar-refractivity contribution is 0.551. The van der Waals surface area contributed by atoms with E-state index in [9.17, 15) is 4.79 Å². The number of fused-ring (bicyclic) bond motifs is 1. The third kappa shape index (κ3) is 3.44. The average molecular weight is 491 g/mol. The van der Waals surface area contributed by atoms with Crippen LogP contribution in [0.4, 0.5) is 0 Å². The maximum Gasteiger partial charge on any atom is 0.253 e. The topological polar surface area (TPSA) is 102 Å². The lowest BCUT2D eigenvalue weighted by atomic mass is 9.97. The van der Waals surface area contributed by atoms with Gasteiger partial charge in [0, 0.05) is 39.8 Å². The summed E-state index contributed by atoms with van der Waals surface area (Å²) in [4.78, 5) is 17.3. The quantitative estimate of drug-likeness (QED) is 0.374. The van der Waals surface area contributed by atoms with E-state index in [0.717, 1.165) is 56.5 Å². The molecule has 2 aromatic heterocycles. The molecular weight excluding hydrogens is 472 g/mol. The van der Waals surface area contributed by atoms with Crippen LogP contribution >= 0.6 is 15.9 Å². The van der Waals surface area contributed by atoms with Crippen LogP contribution in [0.3, 0.4) is 0 Å². The molecule has 0 bridgehead atoms. The highest BCUT2D eigenvalue weighted by atomic mass is 79.9. The van der Waals surface area contributed by atoms with Crippen LogP contribution in [0.15, 0.2) is 68.8 Å². The Morgan fingerprint density at radius 2 is 1.94 bits per heavy atom. The monoisotopic (exact) mass is 490 g/mol. The average Bonchev–Trinajstić information content (AvgIpc) is 3.44. The summed E-state index contributed by atoms with van der Waals surface area (Å²) in [7, 11) is 0. The van der Waals surface area contributed by atoms with Crippen LogP contribution in [-0.2, 0) is 13.0 Å². The maximum absolute atomic E-state index is 12.8. The van der Waals surface area contributed by atoms with E-state index in [1.165, 1.54) is 6.07 Å². The first-order valence-corrected chi connectivity index (χ1v) is 11.0. The van der Waals surface area contributed by atoms with Crippen molar-refractivity contribution < 1.29 is 4.42 Å². The molecule has 0 saturated carbocycles. The van der Waals surface area contributed by atoms with Crippen LogP contribution in [0, 0.1) is 0 Å². The molecule has 0 unspecified atom stereocenters. The summed E-state index contributed by atoms with van der Waals surface area (Å²) in [5.41, 5.74) is 5.62. The lowest BCUT2D eigenvalue weighted by Gasteiger charge is -2.14. The second-order valence-corrected chi connectivity index (χ2v) is 8.18. The van der Waals surface area contributed by atoms with Crippen molar-refractivity contribution in [2.24, 2.45) is 0 Å². The molecule has 8 nitrogen and oxygen atoms in total. The van der Waals surface area contributed by atoms with Crippen LogP contribution in [0.2, 0.25) is 0 Å². The Hall–Kier alpha value is -3.59. The standard InChI is InChI=1S/C23H19BrN6O2/c1-2-5-19-25-10-8-20(31)30(19)12-17-14-9-11-32-13-18(14)22(24)21(17)15-6-3-4-7-16(15)23-26-28-29-27-23/h3-4,6-11,13H,2,5,12H2,1H3,(H,26,27,28,29). The summed E-state index contributed by atoms with van der Waals surface area (Å²) in [6.45, 7) is 2.46. The summed E-state index contributed by atoms with van der Waals surface area (Å²) in [6, 6.07) is 11.3. The van der Waals surface area contributed by atoms with Crippen LogP contribution in [0.5, 0.6) is 0 Å². The molecule has 160 valence electrons. The molecule has 1 aromatic carbocycles. The third-order valence-corrected chi connectivity index (χ3v) is 6.30. The highest BCUT2D eigenvalue weighted by Gasteiger charge is 2.26. The lowest BCUT2D eigenvalue weighted by Crippen LogP contribution is -2.24. The van der Waals surface area contributed by atoms with Gasteiger partial charge in [0.1, 0.15) is 5.82 Å². The summed E-state index contributed by atoms with van der Waals surface area (Å²) < 4.78 is 8.10. The molecule has 0 amide bonds. The third-order valence-electron chi connectivity index (χ3n) is 5.48. The fourth-order valence-corrected chi connectivity index (χ4v) is 4.81. The highest BCUT2D eigenvalue weighted by molar-refractivity contribution is 9.10. The number of hydrogen-bond donors (Lipinski definition) is 1. The predicted molar refractivity (Wildman–Crippen MR) is 123 cm³/mol. The molecule has 32 heavy (non-hydrogen) atoms.